The summed E-state index contributed by atoms with van der Waals surface area (Å²) in [4.78, 5) is 7.76. The van der Waals surface area contributed by atoms with Gasteiger partial charge in [-0.05, 0) is 36.2 Å². The van der Waals surface area contributed by atoms with Gasteiger partial charge < -0.3 is 10.6 Å². The van der Waals surface area contributed by atoms with E-state index in [4.69, 9.17) is 0 Å². The molecule has 0 aliphatic carbocycles. The molecule has 0 saturated carbocycles. The summed E-state index contributed by atoms with van der Waals surface area (Å²) in [6.45, 7) is 1.65. The van der Waals surface area contributed by atoms with Gasteiger partial charge in [-0.3, -0.25) is 4.72 Å². The molecule has 3 aromatic rings. The summed E-state index contributed by atoms with van der Waals surface area (Å²) < 4.78 is 66.1. The first-order valence-electron chi connectivity index (χ1n) is 9.09. The molecule has 1 aromatic heterocycles. The van der Waals surface area contributed by atoms with Crippen molar-refractivity contribution in [3.8, 4) is 0 Å². The molecule has 7 nitrogen and oxygen atoms in total. The Morgan fingerprint density at radius 3 is 2.39 bits per heavy atom. The smallest absolute Gasteiger partial charge is 0.365 e. The first-order chi connectivity index (χ1) is 14.5. The molecule has 0 atom stereocenters. The Balaban J connectivity index is 1.92. The number of nitrogens with zero attached hydrogens (tertiary/aromatic N) is 2. The predicted octanol–water partition coefficient (Wildman–Crippen LogP) is 4.53. The third-order valence-electron chi connectivity index (χ3n) is 4.26. The Morgan fingerprint density at radius 1 is 1.03 bits per heavy atom. The number of halogens is 3. The molecular formula is C20H20F3N5O2S. The average molecular weight is 451 g/mol. The molecule has 1 heterocycles. The van der Waals surface area contributed by atoms with Gasteiger partial charge in [0, 0.05) is 18.4 Å². The topological polar surface area (TPSA) is 96.0 Å². The van der Waals surface area contributed by atoms with Crippen molar-refractivity contribution in [3.63, 3.8) is 0 Å². The lowest BCUT2D eigenvalue weighted by Crippen LogP contribution is -2.16. The van der Waals surface area contributed by atoms with Gasteiger partial charge in [0.2, 0.25) is 16.0 Å². The summed E-state index contributed by atoms with van der Waals surface area (Å²) in [7, 11) is -3.57. The Morgan fingerprint density at radius 2 is 1.74 bits per heavy atom. The zero-order valence-corrected chi connectivity index (χ0v) is 17.5. The van der Waals surface area contributed by atoms with Crippen molar-refractivity contribution >= 4 is 33.2 Å². The van der Waals surface area contributed by atoms with Crippen molar-refractivity contribution < 1.29 is 21.6 Å². The summed E-state index contributed by atoms with van der Waals surface area (Å²) in [5.74, 6) is -0.435. The van der Waals surface area contributed by atoms with E-state index in [1.165, 1.54) is 6.07 Å². The van der Waals surface area contributed by atoms with Gasteiger partial charge in [-0.1, -0.05) is 30.3 Å². The second kappa shape index (κ2) is 8.80. The normalized spacial score (nSPS) is 11.8. The van der Waals surface area contributed by atoms with Crippen molar-refractivity contribution in [2.45, 2.75) is 19.6 Å². The van der Waals surface area contributed by atoms with Gasteiger partial charge in [-0.2, -0.15) is 18.2 Å². The molecule has 164 valence electrons. The van der Waals surface area contributed by atoms with Gasteiger partial charge in [0.25, 0.3) is 0 Å². The van der Waals surface area contributed by atoms with Crippen molar-refractivity contribution in [2.24, 2.45) is 0 Å². The second-order valence-corrected chi connectivity index (χ2v) is 8.52. The number of rotatable bonds is 7. The van der Waals surface area contributed by atoms with E-state index < -0.39 is 27.6 Å². The monoisotopic (exact) mass is 451 g/mol. The zero-order chi connectivity index (χ0) is 22.6. The molecule has 0 saturated heterocycles. The summed E-state index contributed by atoms with van der Waals surface area (Å²) in [6, 6.07) is 13.7. The number of hydrogen-bond donors (Lipinski definition) is 3. The molecule has 3 rings (SSSR count). The number of nitrogens with one attached hydrogen (secondary N) is 3. The van der Waals surface area contributed by atoms with Crippen LogP contribution >= 0.6 is 0 Å². The highest BCUT2D eigenvalue weighted by atomic mass is 32.2. The van der Waals surface area contributed by atoms with Crippen LogP contribution in [-0.4, -0.2) is 24.6 Å². The molecule has 0 aliphatic heterocycles. The first kappa shape index (κ1) is 22.3. The zero-order valence-electron chi connectivity index (χ0n) is 16.7. The van der Waals surface area contributed by atoms with Gasteiger partial charge >= 0.3 is 6.18 Å². The number of para-hydroxylation sites is 1. The number of anilines is 4. The van der Waals surface area contributed by atoms with Crippen LogP contribution in [0.3, 0.4) is 0 Å². The van der Waals surface area contributed by atoms with Crippen LogP contribution in [0.2, 0.25) is 0 Å². The highest BCUT2D eigenvalue weighted by molar-refractivity contribution is 7.92. The SMILES string of the molecule is Cc1cccc(NS(C)(=O)=O)c1CNc1nc(Nc2ccccc2)ncc1C(F)(F)F. The van der Waals surface area contributed by atoms with E-state index in [1.54, 1.807) is 49.4 Å². The molecule has 3 N–H and O–H groups in total. The lowest BCUT2D eigenvalue weighted by molar-refractivity contribution is -0.137. The van der Waals surface area contributed by atoms with Crippen LogP contribution in [-0.2, 0) is 22.7 Å². The standard InChI is InChI=1S/C20H20F3N5O2S/c1-13-7-6-10-17(28-31(2,29)30)15(13)11-24-18-16(20(21,22)23)12-25-19(27-18)26-14-8-4-3-5-9-14/h3-10,12,28H,11H2,1-2H3,(H2,24,25,26,27). The van der Waals surface area contributed by atoms with E-state index in [0.29, 0.717) is 23.0 Å². The molecule has 0 amide bonds. The van der Waals surface area contributed by atoms with Crippen LogP contribution < -0.4 is 15.4 Å². The van der Waals surface area contributed by atoms with E-state index in [-0.39, 0.29) is 18.2 Å². The molecule has 0 bridgehead atoms. The maximum Gasteiger partial charge on any atom is 0.421 e. The lowest BCUT2D eigenvalue weighted by Gasteiger charge is -2.17. The van der Waals surface area contributed by atoms with Crippen LogP contribution in [0.15, 0.2) is 54.7 Å². The minimum Gasteiger partial charge on any atom is -0.365 e. The summed E-state index contributed by atoms with van der Waals surface area (Å²) in [5, 5.41) is 5.54. The van der Waals surface area contributed by atoms with Crippen LogP contribution in [0.25, 0.3) is 0 Å². The third kappa shape index (κ3) is 6.07. The van der Waals surface area contributed by atoms with E-state index in [1.807, 2.05) is 0 Å². The number of hydrogen-bond acceptors (Lipinski definition) is 6. The number of benzene rings is 2. The van der Waals surface area contributed by atoms with E-state index in [2.05, 4.69) is 25.3 Å². The quantitative estimate of drug-likeness (QED) is 0.489. The van der Waals surface area contributed by atoms with Gasteiger partial charge in [0.05, 0.1) is 11.9 Å². The van der Waals surface area contributed by atoms with E-state index >= 15 is 0 Å². The molecule has 0 fully saturated rings. The maximum atomic E-state index is 13.5. The molecule has 31 heavy (non-hydrogen) atoms. The minimum absolute atomic E-state index is 0.0130. The molecule has 2 aromatic carbocycles. The van der Waals surface area contributed by atoms with Crippen molar-refractivity contribution in [1.29, 1.82) is 0 Å². The van der Waals surface area contributed by atoms with E-state index in [9.17, 15) is 21.6 Å². The van der Waals surface area contributed by atoms with Crippen LogP contribution in [0.5, 0.6) is 0 Å². The van der Waals surface area contributed by atoms with Crippen molar-refractivity contribution in [2.75, 3.05) is 21.6 Å². The average Bonchev–Trinajstić information content (AvgIpc) is 2.66. The minimum atomic E-state index is -4.67. The highest BCUT2D eigenvalue weighted by Crippen LogP contribution is 2.34. The molecule has 0 aliphatic rings. The highest BCUT2D eigenvalue weighted by Gasteiger charge is 2.35. The number of aromatic nitrogens is 2. The molecular weight excluding hydrogens is 431 g/mol. The van der Waals surface area contributed by atoms with Gasteiger partial charge in [-0.15, -0.1) is 0 Å². The van der Waals surface area contributed by atoms with Crippen LogP contribution in [0.4, 0.5) is 36.3 Å². The van der Waals surface area contributed by atoms with Crippen molar-refractivity contribution in [3.05, 3.63) is 71.4 Å². The Kier molecular flexibility index (Phi) is 6.34. The largest absolute Gasteiger partial charge is 0.421 e. The predicted molar refractivity (Wildman–Crippen MR) is 114 cm³/mol. The Labute approximate surface area is 177 Å². The van der Waals surface area contributed by atoms with Crippen molar-refractivity contribution in [1.82, 2.24) is 9.97 Å². The van der Waals surface area contributed by atoms with Gasteiger partial charge in [-0.25, -0.2) is 13.4 Å². The van der Waals surface area contributed by atoms with Crippen LogP contribution in [0.1, 0.15) is 16.7 Å². The summed E-state index contributed by atoms with van der Waals surface area (Å²) in [5.41, 5.74) is 1.06. The molecule has 0 spiro atoms. The van der Waals surface area contributed by atoms with E-state index in [0.717, 1.165) is 6.26 Å². The lowest BCUT2D eigenvalue weighted by atomic mass is 10.1. The van der Waals surface area contributed by atoms with Gasteiger partial charge in [0.15, 0.2) is 0 Å². The first-order valence-corrected chi connectivity index (χ1v) is 11.0. The summed E-state index contributed by atoms with van der Waals surface area (Å²) in [6.07, 6.45) is -2.97. The Bertz CT molecular complexity index is 1170. The summed E-state index contributed by atoms with van der Waals surface area (Å²) >= 11 is 0. The molecule has 0 unspecified atom stereocenters. The number of sulfonamides is 1. The number of alkyl halides is 3. The van der Waals surface area contributed by atoms with Gasteiger partial charge in [0.1, 0.15) is 11.4 Å². The molecule has 0 radical (unpaired) electrons. The second-order valence-electron chi connectivity index (χ2n) is 6.77. The molecule has 11 heteroatoms. The number of aryl methyl sites for hydroxylation is 1. The fourth-order valence-electron chi connectivity index (χ4n) is 2.84. The fraction of sp³-hybridized carbons (Fsp3) is 0.200. The van der Waals surface area contributed by atoms with Crippen LogP contribution in [0, 0.1) is 6.92 Å². The third-order valence-corrected chi connectivity index (χ3v) is 4.85. The maximum absolute atomic E-state index is 13.5. The fourth-order valence-corrected chi connectivity index (χ4v) is 3.43. The Hall–Kier alpha value is -3.34.